The Morgan fingerprint density at radius 1 is 0.893 bits per heavy atom. The van der Waals surface area contributed by atoms with Gasteiger partial charge in [-0.1, -0.05) is 29.8 Å². The number of benzene rings is 2. The van der Waals surface area contributed by atoms with E-state index in [1.54, 1.807) is 30.3 Å². The van der Waals surface area contributed by atoms with Gasteiger partial charge in [0.15, 0.2) is 9.84 Å². The van der Waals surface area contributed by atoms with Crippen LogP contribution in [0.25, 0.3) is 0 Å². The molecule has 2 aromatic carbocycles. The number of halogens is 2. The highest BCUT2D eigenvalue weighted by Gasteiger charge is 2.50. The number of sulfonamides is 1. The molecule has 28 heavy (non-hydrogen) atoms. The van der Waals surface area contributed by atoms with E-state index in [1.165, 1.54) is 10.4 Å². The fraction of sp³-hybridized carbons (Fsp3) is 0.368. The quantitative estimate of drug-likeness (QED) is 0.723. The standard InChI is InChI=1S/C19H19ClFNO4S2/c20-18-12-16(8-9-19(18)21)28(25,26)22-13-6-7-14(22)11-17(10-13)27(23,24)15-4-2-1-3-5-15/h1-5,8-9,12-14,17H,6-7,10-11H2. The molecule has 0 amide bonds. The first kappa shape index (κ1) is 19.8. The number of sulfone groups is 1. The summed E-state index contributed by atoms with van der Waals surface area (Å²) < 4.78 is 67.1. The molecular formula is C19H19ClFNO4S2. The zero-order chi connectivity index (χ0) is 20.1. The van der Waals surface area contributed by atoms with Crippen molar-refractivity contribution in [1.82, 2.24) is 4.31 Å². The molecule has 2 aliphatic rings. The summed E-state index contributed by atoms with van der Waals surface area (Å²) in [4.78, 5) is 0.196. The zero-order valence-corrected chi connectivity index (χ0v) is 17.2. The first-order valence-corrected chi connectivity index (χ1v) is 12.4. The van der Waals surface area contributed by atoms with Crippen molar-refractivity contribution in [2.75, 3.05) is 0 Å². The van der Waals surface area contributed by atoms with Gasteiger partial charge in [0.2, 0.25) is 10.0 Å². The van der Waals surface area contributed by atoms with Gasteiger partial charge in [0.1, 0.15) is 5.82 Å². The third kappa shape index (κ3) is 3.26. The molecule has 9 heteroatoms. The molecule has 2 bridgehead atoms. The summed E-state index contributed by atoms with van der Waals surface area (Å²) in [7, 11) is -7.41. The Kier molecular flexibility index (Phi) is 5.02. The molecule has 0 aromatic heterocycles. The number of hydrogen-bond acceptors (Lipinski definition) is 4. The van der Waals surface area contributed by atoms with Gasteiger partial charge in [-0.25, -0.2) is 21.2 Å². The average Bonchev–Trinajstić information content (AvgIpc) is 2.95. The Hall–Kier alpha value is -1.48. The molecule has 2 atom stereocenters. The first-order valence-electron chi connectivity index (χ1n) is 8.99. The largest absolute Gasteiger partial charge is 0.243 e. The van der Waals surface area contributed by atoms with E-state index in [9.17, 15) is 21.2 Å². The molecule has 2 heterocycles. The molecular weight excluding hydrogens is 425 g/mol. The maximum Gasteiger partial charge on any atom is 0.243 e. The van der Waals surface area contributed by atoms with Crippen LogP contribution in [0.1, 0.15) is 25.7 Å². The summed E-state index contributed by atoms with van der Waals surface area (Å²) in [5, 5.41) is -0.870. The number of fused-ring (bicyclic) bond motifs is 2. The van der Waals surface area contributed by atoms with E-state index in [-0.39, 0.29) is 27.7 Å². The summed E-state index contributed by atoms with van der Waals surface area (Å²) in [6.07, 6.45) is 1.73. The molecule has 0 radical (unpaired) electrons. The Labute approximate surface area is 169 Å². The van der Waals surface area contributed by atoms with Gasteiger partial charge in [0.25, 0.3) is 0 Å². The minimum absolute atomic E-state index is 0.0693. The Balaban J connectivity index is 1.63. The predicted molar refractivity (Wildman–Crippen MR) is 104 cm³/mol. The van der Waals surface area contributed by atoms with Crippen molar-refractivity contribution in [1.29, 1.82) is 0 Å². The third-order valence-corrected chi connectivity index (χ3v) is 10.1. The van der Waals surface area contributed by atoms with Crippen LogP contribution in [0, 0.1) is 5.82 Å². The Bertz CT molecular complexity index is 1090. The number of rotatable bonds is 4. The van der Waals surface area contributed by atoms with Gasteiger partial charge < -0.3 is 0 Å². The van der Waals surface area contributed by atoms with E-state index in [0.717, 1.165) is 12.1 Å². The van der Waals surface area contributed by atoms with E-state index < -0.39 is 43.0 Å². The van der Waals surface area contributed by atoms with Gasteiger partial charge in [0.05, 0.1) is 20.1 Å². The van der Waals surface area contributed by atoms with Gasteiger partial charge in [-0.15, -0.1) is 0 Å². The second kappa shape index (κ2) is 7.09. The molecule has 0 N–H and O–H groups in total. The third-order valence-electron chi connectivity index (χ3n) is 5.60. The molecule has 2 aliphatic heterocycles. The molecule has 0 saturated carbocycles. The second-order valence-electron chi connectivity index (χ2n) is 7.25. The monoisotopic (exact) mass is 443 g/mol. The molecule has 0 aliphatic carbocycles. The zero-order valence-electron chi connectivity index (χ0n) is 14.8. The van der Waals surface area contributed by atoms with Crippen molar-refractivity contribution in [3.05, 3.63) is 59.4 Å². The summed E-state index contributed by atoms with van der Waals surface area (Å²) in [6, 6.07) is 10.8. The van der Waals surface area contributed by atoms with E-state index in [4.69, 9.17) is 11.6 Å². The molecule has 2 saturated heterocycles. The van der Waals surface area contributed by atoms with Gasteiger partial charge >= 0.3 is 0 Å². The lowest BCUT2D eigenvalue weighted by Crippen LogP contribution is -2.49. The van der Waals surface area contributed by atoms with Gasteiger partial charge in [-0.2, -0.15) is 4.31 Å². The van der Waals surface area contributed by atoms with Gasteiger partial charge in [-0.05, 0) is 56.0 Å². The van der Waals surface area contributed by atoms with E-state index in [0.29, 0.717) is 12.8 Å². The van der Waals surface area contributed by atoms with Crippen molar-refractivity contribution in [3.63, 3.8) is 0 Å². The number of nitrogens with zero attached hydrogens (tertiary/aromatic N) is 1. The summed E-state index contributed by atoms with van der Waals surface area (Å²) in [5.74, 6) is -0.684. The topological polar surface area (TPSA) is 71.5 Å². The predicted octanol–water partition coefficient (Wildman–Crippen LogP) is 3.64. The van der Waals surface area contributed by atoms with Crippen molar-refractivity contribution in [3.8, 4) is 0 Å². The highest BCUT2D eigenvalue weighted by Crippen LogP contribution is 2.43. The molecule has 2 aromatic rings. The van der Waals surface area contributed by atoms with E-state index in [1.807, 2.05) is 0 Å². The second-order valence-corrected chi connectivity index (χ2v) is 11.7. The lowest BCUT2D eigenvalue weighted by atomic mass is 10.1. The lowest BCUT2D eigenvalue weighted by Gasteiger charge is -2.37. The van der Waals surface area contributed by atoms with Crippen molar-refractivity contribution in [2.24, 2.45) is 0 Å². The molecule has 150 valence electrons. The lowest BCUT2D eigenvalue weighted by molar-refractivity contribution is 0.249. The maximum atomic E-state index is 13.4. The van der Waals surface area contributed by atoms with Crippen LogP contribution in [0.3, 0.4) is 0 Å². The normalized spacial score (nSPS) is 25.7. The smallest absolute Gasteiger partial charge is 0.223 e. The van der Waals surface area contributed by atoms with E-state index in [2.05, 4.69) is 0 Å². The summed E-state index contributed by atoms with van der Waals surface area (Å²) >= 11 is 5.76. The fourth-order valence-corrected chi connectivity index (χ4v) is 8.33. The summed E-state index contributed by atoms with van der Waals surface area (Å²) in [5.41, 5.74) is 0. The molecule has 2 fully saturated rings. The fourth-order valence-electron chi connectivity index (χ4n) is 4.29. The Morgan fingerprint density at radius 2 is 1.50 bits per heavy atom. The first-order chi connectivity index (χ1) is 13.2. The number of hydrogen-bond donors (Lipinski definition) is 0. The van der Waals surface area contributed by atoms with Gasteiger partial charge in [0, 0.05) is 12.1 Å². The highest BCUT2D eigenvalue weighted by atomic mass is 35.5. The van der Waals surface area contributed by atoms with Crippen molar-refractivity contribution in [2.45, 2.75) is 52.8 Å². The molecule has 0 spiro atoms. The van der Waals surface area contributed by atoms with Crippen LogP contribution in [0.4, 0.5) is 4.39 Å². The molecule has 4 rings (SSSR count). The molecule has 5 nitrogen and oxygen atoms in total. The minimum Gasteiger partial charge on any atom is -0.223 e. The van der Waals surface area contributed by atoms with Crippen molar-refractivity contribution >= 4 is 31.5 Å². The summed E-state index contributed by atoms with van der Waals surface area (Å²) in [6.45, 7) is 0. The Morgan fingerprint density at radius 3 is 2.07 bits per heavy atom. The van der Waals surface area contributed by atoms with Crippen molar-refractivity contribution < 1.29 is 21.2 Å². The number of piperidine rings is 1. The van der Waals surface area contributed by atoms with Gasteiger partial charge in [-0.3, -0.25) is 0 Å². The molecule has 2 unspecified atom stereocenters. The van der Waals surface area contributed by atoms with E-state index >= 15 is 0 Å². The van der Waals surface area contributed by atoms with Crippen LogP contribution >= 0.6 is 11.6 Å². The maximum absolute atomic E-state index is 13.4. The highest BCUT2D eigenvalue weighted by molar-refractivity contribution is 7.92. The van der Waals surface area contributed by atoms with Crippen LogP contribution in [-0.4, -0.2) is 38.5 Å². The minimum atomic E-state index is -3.88. The van der Waals surface area contributed by atoms with Crippen LogP contribution in [0.5, 0.6) is 0 Å². The van der Waals surface area contributed by atoms with Crippen LogP contribution in [0.2, 0.25) is 5.02 Å². The van der Waals surface area contributed by atoms with Crippen LogP contribution < -0.4 is 0 Å². The van der Waals surface area contributed by atoms with Crippen LogP contribution in [0.15, 0.2) is 58.3 Å². The average molecular weight is 444 g/mol. The SMILES string of the molecule is O=S(=O)(c1ccccc1)C1CC2CCC(C1)N2S(=O)(=O)c1ccc(F)c(Cl)c1. The van der Waals surface area contributed by atoms with Crippen LogP contribution in [-0.2, 0) is 19.9 Å².